The molecule has 2 aromatic carbocycles. The highest BCUT2D eigenvalue weighted by Crippen LogP contribution is 2.30. The number of carbonyl (C=O) groups is 1. The number of aromatic nitrogens is 2. The highest BCUT2D eigenvalue weighted by atomic mass is 16.1. The van der Waals surface area contributed by atoms with Gasteiger partial charge in [-0.05, 0) is 36.6 Å². The topological polar surface area (TPSA) is 75.0 Å². The molecule has 4 rings (SSSR count). The fourth-order valence-electron chi connectivity index (χ4n) is 3.10. The third-order valence-corrected chi connectivity index (χ3v) is 4.59. The molecule has 1 aromatic heterocycles. The predicted octanol–water partition coefficient (Wildman–Crippen LogP) is 2.83. The van der Waals surface area contributed by atoms with E-state index in [0.29, 0.717) is 11.6 Å². The first-order valence-electron chi connectivity index (χ1n) is 8.25. The number of rotatable bonds is 6. The minimum atomic E-state index is -0.385. The van der Waals surface area contributed by atoms with Crippen LogP contribution in [0.5, 0.6) is 0 Å². The number of nitrogens with one attached hydrogen (secondary N) is 1. The second-order valence-corrected chi connectivity index (χ2v) is 6.42. The van der Waals surface area contributed by atoms with Crippen LogP contribution in [-0.2, 0) is 13.1 Å². The van der Waals surface area contributed by atoms with Crippen LogP contribution >= 0.6 is 0 Å². The average Bonchev–Trinajstić information content (AvgIpc) is 3.37. The van der Waals surface area contributed by atoms with E-state index >= 15 is 0 Å². The Kier molecular flexibility index (Phi) is 3.78. The molecule has 0 spiro atoms. The summed E-state index contributed by atoms with van der Waals surface area (Å²) in [6.07, 6.45) is 2.48. The van der Waals surface area contributed by atoms with E-state index in [4.69, 9.17) is 5.73 Å². The maximum atomic E-state index is 11.2. The molecule has 5 heteroatoms. The molecule has 24 heavy (non-hydrogen) atoms. The van der Waals surface area contributed by atoms with E-state index in [2.05, 4.69) is 21.2 Å². The van der Waals surface area contributed by atoms with Crippen molar-refractivity contribution in [1.82, 2.24) is 15.1 Å². The van der Waals surface area contributed by atoms with Crippen LogP contribution in [0.3, 0.4) is 0 Å². The van der Waals surface area contributed by atoms with E-state index in [0.717, 1.165) is 24.3 Å². The zero-order chi connectivity index (χ0) is 16.5. The molecule has 3 N–H and O–H groups in total. The lowest BCUT2D eigenvalue weighted by Gasteiger charge is -2.21. The lowest BCUT2D eigenvalue weighted by atomic mass is 10.1. The van der Waals surface area contributed by atoms with Gasteiger partial charge in [0.05, 0.1) is 11.2 Å². The molecule has 0 aliphatic heterocycles. The predicted molar refractivity (Wildman–Crippen MR) is 93.3 cm³/mol. The van der Waals surface area contributed by atoms with Crippen molar-refractivity contribution in [3.05, 3.63) is 65.4 Å². The fourth-order valence-corrected chi connectivity index (χ4v) is 3.10. The molecule has 0 radical (unpaired) electrons. The Labute approximate surface area is 140 Å². The molecule has 0 atom stereocenters. The van der Waals surface area contributed by atoms with Crippen LogP contribution in [0.25, 0.3) is 10.9 Å². The summed E-state index contributed by atoms with van der Waals surface area (Å²) in [5, 5.41) is 8.76. The molecular weight excluding hydrogens is 300 g/mol. The van der Waals surface area contributed by atoms with Gasteiger partial charge >= 0.3 is 0 Å². The first-order valence-corrected chi connectivity index (χ1v) is 8.25. The number of primary amides is 1. The number of H-pyrrole nitrogens is 1. The molecule has 3 aromatic rings. The van der Waals surface area contributed by atoms with Crippen molar-refractivity contribution >= 4 is 16.8 Å². The Morgan fingerprint density at radius 3 is 2.58 bits per heavy atom. The Hall–Kier alpha value is -2.66. The zero-order valence-electron chi connectivity index (χ0n) is 13.4. The Morgan fingerprint density at radius 1 is 1.12 bits per heavy atom. The number of nitrogens with two attached hydrogens (primary N) is 1. The van der Waals surface area contributed by atoms with Crippen molar-refractivity contribution in [2.45, 2.75) is 32.0 Å². The highest BCUT2D eigenvalue weighted by Gasteiger charge is 2.29. The van der Waals surface area contributed by atoms with E-state index < -0.39 is 0 Å². The minimum absolute atomic E-state index is 0.385. The number of benzene rings is 2. The van der Waals surface area contributed by atoms with Crippen LogP contribution in [0.4, 0.5) is 0 Å². The van der Waals surface area contributed by atoms with Crippen molar-refractivity contribution in [2.24, 2.45) is 5.73 Å². The number of nitrogens with zero attached hydrogens (tertiary/aromatic N) is 2. The summed E-state index contributed by atoms with van der Waals surface area (Å²) in [7, 11) is 0. The minimum Gasteiger partial charge on any atom is -0.366 e. The SMILES string of the molecule is NC(=O)c1ccc(CN(Cc2[nH]nc3ccccc23)C2CC2)cc1. The number of carbonyl (C=O) groups excluding carboxylic acids is 1. The van der Waals surface area contributed by atoms with E-state index in [-0.39, 0.29) is 5.91 Å². The molecular formula is C19H20N4O. The number of para-hydroxylation sites is 1. The standard InChI is InChI=1S/C19H20N4O/c20-19(24)14-7-5-13(6-8-14)11-23(15-9-10-15)12-18-16-3-1-2-4-17(16)21-22-18/h1-8,15H,9-12H2,(H2,20,24)(H,21,22). The first kappa shape index (κ1) is 14.9. The number of amides is 1. The fraction of sp³-hybridized carbons (Fsp3) is 0.263. The van der Waals surface area contributed by atoms with Crippen LogP contribution in [-0.4, -0.2) is 27.0 Å². The molecule has 1 heterocycles. The Morgan fingerprint density at radius 2 is 1.88 bits per heavy atom. The molecule has 1 saturated carbocycles. The molecule has 122 valence electrons. The second kappa shape index (κ2) is 6.09. The molecule has 5 nitrogen and oxygen atoms in total. The summed E-state index contributed by atoms with van der Waals surface area (Å²) >= 11 is 0. The molecule has 1 amide bonds. The average molecular weight is 320 g/mol. The van der Waals surface area contributed by atoms with Crippen LogP contribution in [0.2, 0.25) is 0 Å². The maximum Gasteiger partial charge on any atom is 0.248 e. The molecule has 0 unspecified atom stereocenters. The van der Waals surface area contributed by atoms with Crippen molar-refractivity contribution in [3.8, 4) is 0 Å². The van der Waals surface area contributed by atoms with Gasteiger partial charge in [-0.3, -0.25) is 14.8 Å². The summed E-state index contributed by atoms with van der Waals surface area (Å²) < 4.78 is 0. The summed E-state index contributed by atoms with van der Waals surface area (Å²) in [6, 6.07) is 16.4. The molecule has 1 aliphatic rings. The van der Waals surface area contributed by atoms with Gasteiger partial charge in [-0.2, -0.15) is 5.10 Å². The normalized spacial score (nSPS) is 14.4. The van der Waals surface area contributed by atoms with Gasteiger partial charge in [-0.25, -0.2) is 0 Å². The van der Waals surface area contributed by atoms with Gasteiger partial charge in [0.2, 0.25) is 5.91 Å². The zero-order valence-corrected chi connectivity index (χ0v) is 13.4. The molecule has 0 bridgehead atoms. The van der Waals surface area contributed by atoms with Crippen molar-refractivity contribution in [1.29, 1.82) is 0 Å². The second-order valence-electron chi connectivity index (χ2n) is 6.42. The van der Waals surface area contributed by atoms with E-state index in [9.17, 15) is 4.79 Å². The van der Waals surface area contributed by atoms with E-state index in [1.807, 2.05) is 30.3 Å². The summed E-state index contributed by atoms with van der Waals surface area (Å²) in [5.41, 5.74) is 9.22. The van der Waals surface area contributed by atoms with E-state index in [1.165, 1.54) is 23.8 Å². The number of hydrogen-bond donors (Lipinski definition) is 2. The third kappa shape index (κ3) is 3.03. The highest BCUT2D eigenvalue weighted by molar-refractivity contribution is 5.92. The van der Waals surface area contributed by atoms with Gasteiger partial charge in [-0.1, -0.05) is 30.3 Å². The number of hydrogen-bond acceptors (Lipinski definition) is 3. The van der Waals surface area contributed by atoms with Crippen LogP contribution in [0.1, 0.15) is 34.5 Å². The largest absolute Gasteiger partial charge is 0.366 e. The summed E-state index contributed by atoms with van der Waals surface area (Å²) in [4.78, 5) is 13.7. The van der Waals surface area contributed by atoms with Gasteiger partial charge in [0.1, 0.15) is 0 Å². The Balaban J connectivity index is 1.53. The van der Waals surface area contributed by atoms with Gasteiger partial charge < -0.3 is 5.73 Å². The third-order valence-electron chi connectivity index (χ3n) is 4.59. The maximum absolute atomic E-state index is 11.2. The molecule has 1 fully saturated rings. The van der Waals surface area contributed by atoms with E-state index in [1.54, 1.807) is 12.1 Å². The Bertz CT molecular complexity index is 864. The lowest BCUT2D eigenvalue weighted by molar-refractivity contribution is 0.100. The summed E-state index contributed by atoms with van der Waals surface area (Å²) in [5.74, 6) is -0.385. The van der Waals surface area contributed by atoms with Gasteiger partial charge in [0, 0.05) is 30.1 Å². The van der Waals surface area contributed by atoms with Crippen molar-refractivity contribution in [2.75, 3.05) is 0 Å². The van der Waals surface area contributed by atoms with Gasteiger partial charge in [0.15, 0.2) is 0 Å². The van der Waals surface area contributed by atoms with Gasteiger partial charge in [-0.15, -0.1) is 0 Å². The molecule has 1 aliphatic carbocycles. The van der Waals surface area contributed by atoms with Crippen molar-refractivity contribution in [3.63, 3.8) is 0 Å². The van der Waals surface area contributed by atoms with Gasteiger partial charge in [0.25, 0.3) is 0 Å². The summed E-state index contributed by atoms with van der Waals surface area (Å²) in [6.45, 7) is 1.71. The number of fused-ring (bicyclic) bond motifs is 1. The van der Waals surface area contributed by atoms with Crippen molar-refractivity contribution < 1.29 is 4.79 Å². The first-order chi connectivity index (χ1) is 11.7. The van der Waals surface area contributed by atoms with Crippen LogP contribution in [0, 0.1) is 0 Å². The lowest BCUT2D eigenvalue weighted by Crippen LogP contribution is -2.25. The quantitative estimate of drug-likeness (QED) is 0.733. The monoisotopic (exact) mass is 320 g/mol. The van der Waals surface area contributed by atoms with Crippen LogP contribution in [0.15, 0.2) is 48.5 Å². The number of aromatic amines is 1. The molecule has 0 saturated heterocycles. The smallest absolute Gasteiger partial charge is 0.248 e. The van der Waals surface area contributed by atoms with Crippen LogP contribution < -0.4 is 5.73 Å².